The Morgan fingerprint density at radius 3 is 2.45 bits per heavy atom. The molecule has 116 valence electrons. The number of nitrogens with one attached hydrogen (secondary N) is 1. The van der Waals surface area contributed by atoms with E-state index in [1.54, 1.807) is 7.11 Å². The first kappa shape index (κ1) is 15.6. The lowest BCUT2D eigenvalue weighted by Gasteiger charge is -2.40. The maximum atomic E-state index is 6.08. The van der Waals surface area contributed by atoms with Gasteiger partial charge < -0.3 is 15.8 Å². The average molecular weight is 281 g/mol. The molecule has 0 amide bonds. The molecule has 0 aliphatic heterocycles. The standard InChI is InChI=1S/C16H31N3O/c1-20-12-11-16(9-6-10-16)13-18-15(17)19-14-7-4-2-3-5-8-14/h14H,2-13H2,1H3,(H3,17,18,19). The molecule has 0 aromatic heterocycles. The van der Waals surface area contributed by atoms with E-state index in [0.29, 0.717) is 17.4 Å². The third-order valence-corrected chi connectivity index (χ3v) is 5.04. The fourth-order valence-electron chi connectivity index (χ4n) is 3.41. The fraction of sp³-hybridized carbons (Fsp3) is 0.938. The summed E-state index contributed by atoms with van der Waals surface area (Å²) < 4.78 is 5.22. The van der Waals surface area contributed by atoms with Crippen molar-refractivity contribution in [1.82, 2.24) is 5.32 Å². The molecule has 0 aromatic rings. The van der Waals surface area contributed by atoms with Crippen molar-refractivity contribution >= 4 is 5.96 Å². The number of guanidine groups is 1. The lowest BCUT2D eigenvalue weighted by atomic mass is 9.67. The lowest BCUT2D eigenvalue weighted by Crippen LogP contribution is -2.41. The van der Waals surface area contributed by atoms with Gasteiger partial charge in [-0.25, -0.2) is 0 Å². The smallest absolute Gasteiger partial charge is 0.188 e. The molecule has 0 atom stereocenters. The average Bonchev–Trinajstić information content (AvgIpc) is 2.66. The van der Waals surface area contributed by atoms with Gasteiger partial charge in [-0.3, -0.25) is 4.99 Å². The molecule has 0 radical (unpaired) electrons. The molecule has 2 fully saturated rings. The maximum Gasteiger partial charge on any atom is 0.188 e. The van der Waals surface area contributed by atoms with Gasteiger partial charge in [-0.15, -0.1) is 0 Å². The van der Waals surface area contributed by atoms with Crippen LogP contribution in [0.3, 0.4) is 0 Å². The highest BCUT2D eigenvalue weighted by atomic mass is 16.5. The van der Waals surface area contributed by atoms with Crippen LogP contribution in [0.25, 0.3) is 0 Å². The van der Waals surface area contributed by atoms with E-state index in [1.165, 1.54) is 57.8 Å². The van der Waals surface area contributed by atoms with E-state index in [-0.39, 0.29) is 0 Å². The van der Waals surface area contributed by atoms with Gasteiger partial charge in [-0.05, 0) is 37.5 Å². The van der Waals surface area contributed by atoms with Crippen LogP contribution in [-0.2, 0) is 4.74 Å². The molecule has 4 nitrogen and oxygen atoms in total. The topological polar surface area (TPSA) is 59.6 Å². The van der Waals surface area contributed by atoms with Crippen molar-refractivity contribution in [2.75, 3.05) is 20.3 Å². The van der Waals surface area contributed by atoms with Gasteiger partial charge in [0.15, 0.2) is 5.96 Å². The summed E-state index contributed by atoms with van der Waals surface area (Å²) in [6.07, 6.45) is 12.9. The molecular weight excluding hydrogens is 250 g/mol. The summed E-state index contributed by atoms with van der Waals surface area (Å²) in [4.78, 5) is 4.62. The fourth-order valence-corrected chi connectivity index (χ4v) is 3.41. The normalized spacial score (nSPS) is 23.9. The van der Waals surface area contributed by atoms with Crippen LogP contribution in [0.5, 0.6) is 0 Å². The first-order valence-corrected chi connectivity index (χ1v) is 8.29. The van der Waals surface area contributed by atoms with E-state index in [4.69, 9.17) is 10.5 Å². The highest BCUT2D eigenvalue weighted by Crippen LogP contribution is 2.44. The largest absolute Gasteiger partial charge is 0.385 e. The lowest BCUT2D eigenvalue weighted by molar-refractivity contribution is 0.0779. The number of hydrogen-bond donors (Lipinski definition) is 2. The second-order valence-electron chi connectivity index (χ2n) is 6.63. The summed E-state index contributed by atoms with van der Waals surface area (Å²) in [6, 6.07) is 0.539. The number of rotatable bonds is 6. The molecule has 0 unspecified atom stereocenters. The molecule has 0 bridgehead atoms. The summed E-state index contributed by atoms with van der Waals surface area (Å²) >= 11 is 0. The van der Waals surface area contributed by atoms with Crippen LogP contribution in [0.2, 0.25) is 0 Å². The monoisotopic (exact) mass is 281 g/mol. The zero-order chi connectivity index (χ0) is 14.3. The number of nitrogens with zero attached hydrogens (tertiary/aromatic N) is 1. The van der Waals surface area contributed by atoms with Gasteiger partial charge in [0, 0.05) is 26.3 Å². The van der Waals surface area contributed by atoms with Crippen molar-refractivity contribution < 1.29 is 4.74 Å². The molecule has 0 heterocycles. The molecule has 0 saturated heterocycles. The Labute approximate surface area is 123 Å². The van der Waals surface area contributed by atoms with Gasteiger partial charge in [0.25, 0.3) is 0 Å². The van der Waals surface area contributed by atoms with Crippen molar-refractivity contribution in [3.05, 3.63) is 0 Å². The van der Waals surface area contributed by atoms with Gasteiger partial charge in [0.05, 0.1) is 0 Å². The molecule has 4 heteroatoms. The van der Waals surface area contributed by atoms with Gasteiger partial charge in [-0.2, -0.15) is 0 Å². The zero-order valence-corrected chi connectivity index (χ0v) is 13.0. The molecule has 0 spiro atoms. The van der Waals surface area contributed by atoms with Crippen molar-refractivity contribution in [2.45, 2.75) is 70.3 Å². The Morgan fingerprint density at radius 2 is 1.90 bits per heavy atom. The third kappa shape index (κ3) is 4.65. The summed E-state index contributed by atoms with van der Waals surface area (Å²) in [7, 11) is 1.78. The Morgan fingerprint density at radius 1 is 1.20 bits per heavy atom. The van der Waals surface area contributed by atoms with Gasteiger partial charge in [-0.1, -0.05) is 32.1 Å². The van der Waals surface area contributed by atoms with E-state index >= 15 is 0 Å². The Bertz CT molecular complexity index is 305. The highest BCUT2D eigenvalue weighted by molar-refractivity contribution is 5.78. The van der Waals surface area contributed by atoms with E-state index in [1.807, 2.05) is 0 Å². The van der Waals surface area contributed by atoms with E-state index in [0.717, 1.165) is 19.6 Å². The molecule has 3 N–H and O–H groups in total. The van der Waals surface area contributed by atoms with Crippen molar-refractivity contribution in [1.29, 1.82) is 0 Å². The van der Waals surface area contributed by atoms with Crippen LogP contribution >= 0.6 is 0 Å². The number of nitrogens with two attached hydrogens (primary N) is 1. The minimum Gasteiger partial charge on any atom is -0.385 e. The second kappa shape index (κ2) is 7.87. The molecule has 2 aliphatic carbocycles. The van der Waals surface area contributed by atoms with E-state index < -0.39 is 0 Å². The summed E-state index contributed by atoms with van der Waals surface area (Å²) in [5.74, 6) is 0.653. The van der Waals surface area contributed by atoms with Gasteiger partial charge in [0.2, 0.25) is 0 Å². The number of aliphatic imine (C=N–C) groups is 1. The quantitative estimate of drug-likeness (QED) is 0.447. The number of ether oxygens (including phenoxy) is 1. The molecule has 2 aliphatic rings. The first-order valence-electron chi connectivity index (χ1n) is 8.29. The maximum absolute atomic E-state index is 6.08. The molecule has 2 rings (SSSR count). The van der Waals surface area contributed by atoms with Crippen LogP contribution < -0.4 is 11.1 Å². The SMILES string of the molecule is COCCC1(CN=C(N)NC2CCCCCC2)CCC1. The number of hydrogen-bond acceptors (Lipinski definition) is 2. The minimum atomic E-state index is 0.367. The number of methoxy groups -OCH3 is 1. The molecule has 20 heavy (non-hydrogen) atoms. The molecule has 2 saturated carbocycles. The third-order valence-electron chi connectivity index (χ3n) is 5.04. The summed E-state index contributed by atoms with van der Waals surface area (Å²) in [5, 5.41) is 3.43. The van der Waals surface area contributed by atoms with Crippen LogP contribution in [-0.4, -0.2) is 32.3 Å². The Balaban J connectivity index is 1.77. The highest BCUT2D eigenvalue weighted by Gasteiger charge is 2.36. The summed E-state index contributed by atoms with van der Waals surface area (Å²) in [6.45, 7) is 1.70. The predicted molar refractivity (Wildman–Crippen MR) is 83.9 cm³/mol. The Hall–Kier alpha value is -0.770. The zero-order valence-electron chi connectivity index (χ0n) is 13.0. The molecular formula is C16H31N3O. The predicted octanol–water partition coefficient (Wildman–Crippen LogP) is 2.82. The van der Waals surface area contributed by atoms with Gasteiger partial charge in [0.1, 0.15) is 0 Å². The Kier molecular flexibility index (Phi) is 6.14. The van der Waals surface area contributed by atoms with Crippen LogP contribution in [0.4, 0.5) is 0 Å². The summed E-state index contributed by atoms with van der Waals surface area (Å²) in [5.41, 5.74) is 6.44. The minimum absolute atomic E-state index is 0.367. The second-order valence-corrected chi connectivity index (χ2v) is 6.63. The van der Waals surface area contributed by atoms with Crippen molar-refractivity contribution in [3.8, 4) is 0 Å². The van der Waals surface area contributed by atoms with E-state index in [2.05, 4.69) is 10.3 Å². The first-order chi connectivity index (χ1) is 9.74. The van der Waals surface area contributed by atoms with Crippen molar-refractivity contribution in [2.24, 2.45) is 16.1 Å². The van der Waals surface area contributed by atoms with Gasteiger partial charge >= 0.3 is 0 Å². The van der Waals surface area contributed by atoms with E-state index in [9.17, 15) is 0 Å². The van der Waals surface area contributed by atoms with Crippen LogP contribution in [0.15, 0.2) is 4.99 Å². The van der Waals surface area contributed by atoms with Crippen LogP contribution in [0, 0.1) is 5.41 Å². The molecule has 0 aromatic carbocycles. The van der Waals surface area contributed by atoms with Crippen molar-refractivity contribution in [3.63, 3.8) is 0 Å². The van der Waals surface area contributed by atoms with Crippen LogP contribution in [0.1, 0.15) is 64.2 Å².